The number of hydrogen-bond acceptors (Lipinski definition) is 4. The van der Waals surface area contributed by atoms with Crippen LogP contribution in [0, 0.1) is 0 Å². The van der Waals surface area contributed by atoms with E-state index in [2.05, 4.69) is 17.2 Å². The van der Waals surface area contributed by atoms with E-state index >= 15 is 0 Å². The summed E-state index contributed by atoms with van der Waals surface area (Å²) in [6, 6.07) is 0.552. The third-order valence-corrected chi connectivity index (χ3v) is 3.67. The molecule has 3 nitrogen and oxygen atoms in total. The molecule has 2 atom stereocenters. The monoisotopic (exact) mass is 246 g/mol. The highest BCUT2D eigenvalue weighted by Gasteiger charge is 2.18. The standard InChI is InChI=1S/C10H15ClN2OS/c1-7-4-8(2-3-14-7)12-6-10-13-5-9(11)15-10/h5,7-8,12H,2-4,6H2,1H3. The molecule has 0 radical (unpaired) electrons. The molecule has 0 spiro atoms. The number of aromatic nitrogens is 1. The second-order valence-corrected chi connectivity index (χ2v) is 5.59. The van der Waals surface area contributed by atoms with E-state index in [0.717, 1.165) is 35.3 Å². The minimum absolute atomic E-state index is 0.371. The molecule has 0 bridgehead atoms. The first-order valence-corrected chi connectivity index (χ1v) is 6.38. The third-order valence-electron chi connectivity index (χ3n) is 2.55. The van der Waals surface area contributed by atoms with Crippen molar-refractivity contribution in [2.45, 2.75) is 38.5 Å². The summed E-state index contributed by atoms with van der Waals surface area (Å²) in [7, 11) is 0. The van der Waals surface area contributed by atoms with Crippen LogP contribution in [0.3, 0.4) is 0 Å². The topological polar surface area (TPSA) is 34.2 Å². The molecule has 1 aromatic rings. The average Bonchev–Trinajstić information content (AvgIpc) is 2.62. The Hall–Kier alpha value is -0.160. The highest BCUT2D eigenvalue weighted by Crippen LogP contribution is 2.19. The van der Waals surface area contributed by atoms with Gasteiger partial charge in [0, 0.05) is 19.2 Å². The van der Waals surface area contributed by atoms with Crippen molar-refractivity contribution >= 4 is 22.9 Å². The Labute approximate surface area is 98.8 Å². The van der Waals surface area contributed by atoms with Gasteiger partial charge in [0.1, 0.15) is 9.34 Å². The minimum atomic E-state index is 0.371. The van der Waals surface area contributed by atoms with Gasteiger partial charge in [-0.15, -0.1) is 11.3 Å². The van der Waals surface area contributed by atoms with Crippen molar-refractivity contribution in [3.8, 4) is 0 Å². The zero-order chi connectivity index (χ0) is 10.7. The molecule has 0 amide bonds. The summed E-state index contributed by atoms with van der Waals surface area (Å²) < 4.78 is 6.25. The molecule has 2 heterocycles. The lowest BCUT2D eigenvalue weighted by molar-refractivity contribution is 0.0130. The predicted octanol–water partition coefficient (Wildman–Crippen LogP) is 2.45. The quantitative estimate of drug-likeness (QED) is 0.890. The molecule has 0 saturated carbocycles. The van der Waals surface area contributed by atoms with E-state index in [0.29, 0.717) is 12.1 Å². The van der Waals surface area contributed by atoms with Crippen LogP contribution in [0.5, 0.6) is 0 Å². The fourth-order valence-corrected chi connectivity index (χ4v) is 2.69. The van der Waals surface area contributed by atoms with E-state index in [1.54, 1.807) is 6.20 Å². The van der Waals surface area contributed by atoms with Gasteiger partial charge in [-0.05, 0) is 19.8 Å². The molecule has 84 valence electrons. The molecule has 15 heavy (non-hydrogen) atoms. The molecule has 1 N–H and O–H groups in total. The van der Waals surface area contributed by atoms with Crippen LogP contribution in [-0.2, 0) is 11.3 Å². The van der Waals surface area contributed by atoms with Crippen LogP contribution < -0.4 is 5.32 Å². The average molecular weight is 247 g/mol. The maximum atomic E-state index is 5.81. The van der Waals surface area contributed by atoms with E-state index in [4.69, 9.17) is 16.3 Å². The van der Waals surface area contributed by atoms with Gasteiger partial charge in [0.15, 0.2) is 0 Å². The lowest BCUT2D eigenvalue weighted by Crippen LogP contribution is -2.37. The molecule has 1 saturated heterocycles. The number of rotatable bonds is 3. The molecule has 1 aromatic heterocycles. The second kappa shape index (κ2) is 5.25. The maximum Gasteiger partial charge on any atom is 0.113 e. The number of thiazole rings is 1. The summed E-state index contributed by atoms with van der Waals surface area (Å²) >= 11 is 7.35. The van der Waals surface area contributed by atoms with E-state index < -0.39 is 0 Å². The first-order chi connectivity index (χ1) is 7.24. The Morgan fingerprint density at radius 2 is 2.60 bits per heavy atom. The Morgan fingerprint density at radius 3 is 3.27 bits per heavy atom. The smallest absolute Gasteiger partial charge is 0.113 e. The van der Waals surface area contributed by atoms with Gasteiger partial charge >= 0.3 is 0 Å². The summed E-state index contributed by atoms with van der Waals surface area (Å²) in [6.45, 7) is 3.79. The maximum absolute atomic E-state index is 5.81. The van der Waals surface area contributed by atoms with Crippen molar-refractivity contribution in [2.24, 2.45) is 0 Å². The molecular formula is C10H15ClN2OS. The lowest BCUT2D eigenvalue weighted by atomic mass is 10.0. The summed E-state index contributed by atoms with van der Waals surface area (Å²) in [5.41, 5.74) is 0. The second-order valence-electron chi connectivity index (χ2n) is 3.84. The van der Waals surface area contributed by atoms with Crippen molar-refractivity contribution in [3.05, 3.63) is 15.5 Å². The number of halogens is 1. The summed E-state index contributed by atoms with van der Waals surface area (Å²) in [5, 5.41) is 4.55. The van der Waals surface area contributed by atoms with Gasteiger partial charge in [-0.2, -0.15) is 0 Å². The summed E-state index contributed by atoms with van der Waals surface area (Å²) in [6.07, 6.45) is 4.24. The molecule has 0 aliphatic carbocycles. The lowest BCUT2D eigenvalue weighted by Gasteiger charge is -2.27. The van der Waals surface area contributed by atoms with Crippen LogP contribution in [0.15, 0.2) is 6.20 Å². The van der Waals surface area contributed by atoms with Gasteiger partial charge in [0.2, 0.25) is 0 Å². The van der Waals surface area contributed by atoms with E-state index in [9.17, 15) is 0 Å². The first kappa shape index (κ1) is 11.3. The van der Waals surface area contributed by atoms with Crippen molar-refractivity contribution in [2.75, 3.05) is 6.61 Å². The van der Waals surface area contributed by atoms with Crippen molar-refractivity contribution in [3.63, 3.8) is 0 Å². The SMILES string of the molecule is CC1CC(NCc2ncc(Cl)s2)CCO1. The number of nitrogens with one attached hydrogen (secondary N) is 1. The highest BCUT2D eigenvalue weighted by molar-refractivity contribution is 7.15. The molecule has 2 rings (SSSR count). The Morgan fingerprint density at radius 1 is 1.73 bits per heavy atom. The molecule has 5 heteroatoms. The molecule has 2 unspecified atom stereocenters. The summed E-state index contributed by atoms with van der Waals surface area (Å²) in [5.74, 6) is 0. The normalized spacial score (nSPS) is 26.8. The van der Waals surface area contributed by atoms with Gasteiger partial charge in [-0.25, -0.2) is 4.98 Å². The Balaban J connectivity index is 1.77. The molecule has 1 fully saturated rings. The van der Waals surface area contributed by atoms with Crippen molar-refractivity contribution < 1.29 is 4.74 Å². The minimum Gasteiger partial charge on any atom is -0.378 e. The van der Waals surface area contributed by atoms with E-state index in [1.807, 2.05) is 0 Å². The van der Waals surface area contributed by atoms with Crippen LogP contribution in [0.2, 0.25) is 4.34 Å². The van der Waals surface area contributed by atoms with E-state index in [-0.39, 0.29) is 0 Å². The Bertz CT molecular complexity index is 318. The largest absolute Gasteiger partial charge is 0.378 e. The zero-order valence-corrected chi connectivity index (χ0v) is 10.3. The highest BCUT2D eigenvalue weighted by atomic mass is 35.5. The molecule has 1 aliphatic rings. The van der Waals surface area contributed by atoms with Crippen LogP contribution in [0.1, 0.15) is 24.8 Å². The fourth-order valence-electron chi connectivity index (χ4n) is 1.78. The van der Waals surface area contributed by atoms with Gasteiger partial charge in [0.05, 0.1) is 12.3 Å². The summed E-state index contributed by atoms with van der Waals surface area (Å²) in [4.78, 5) is 4.21. The molecule has 1 aliphatic heterocycles. The zero-order valence-electron chi connectivity index (χ0n) is 8.70. The van der Waals surface area contributed by atoms with Crippen LogP contribution in [-0.4, -0.2) is 23.7 Å². The molecule has 0 aromatic carbocycles. The Kier molecular flexibility index (Phi) is 3.97. The van der Waals surface area contributed by atoms with Crippen LogP contribution in [0.25, 0.3) is 0 Å². The number of ether oxygens (including phenoxy) is 1. The van der Waals surface area contributed by atoms with Gasteiger partial charge in [-0.1, -0.05) is 11.6 Å². The van der Waals surface area contributed by atoms with Gasteiger partial charge in [0.25, 0.3) is 0 Å². The van der Waals surface area contributed by atoms with Gasteiger partial charge < -0.3 is 10.1 Å². The number of nitrogens with zero attached hydrogens (tertiary/aromatic N) is 1. The first-order valence-electron chi connectivity index (χ1n) is 5.19. The van der Waals surface area contributed by atoms with E-state index in [1.165, 1.54) is 11.3 Å². The third kappa shape index (κ3) is 3.41. The van der Waals surface area contributed by atoms with Crippen molar-refractivity contribution in [1.82, 2.24) is 10.3 Å². The van der Waals surface area contributed by atoms with Crippen LogP contribution in [0.4, 0.5) is 0 Å². The van der Waals surface area contributed by atoms with Crippen LogP contribution >= 0.6 is 22.9 Å². The van der Waals surface area contributed by atoms with Gasteiger partial charge in [-0.3, -0.25) is 0 Å². The van der Waals surface area contributed by atoms with Crippen molar-refractivity contribution in [1.29, 1.82) is 0 Å². The fraction of sp³-hybridized carbons (Fsp3) is 0.700. The number of hydrogen-bond donors (Lipinski definition) is 1. The molecular weight excluding hydrogens is 232 g/mol. The predicted molar refractivity (Wildman–Crippen MR) is 62.4 cm³/mol.